The molecular formula is C10H20SSe. The second kappa shape index (κ2) is 9.82. The van der Waals surface area contributed by atoms with E-state index in [-0.39, 0.29) is 0 Å². The van der Waals surface area contributed by atoms with Crippen LogP contribution in [-0.2, 0) is 0 Å². The maximum atomic E-state index is 3.17. The molecule has 12 heavy (non-hydrogen) atoms. The first-order chi connectivity index (χ1) is 5.81. The normalized spacial score (nSPS) is 10.2. The predicted octanol–water partition coefficient (Wildman–Crippen LogP) is 3.40. The molecule has 0 aromatic heterocycles. The summed E-state index contributed by atoms with van der Waals surface area (Å²) in [5, 5.41) is 0. The second-order valence-electron chi connectivity index (χ2n) is 3.03. The zero-order valence-electron chi connectivity index (χ0n) is 8.27. The summed E-state index contributed by atoms with van der Waals surface area (Å²) in [6.07, 6.45) is 8.01. The van der Waals surface area contributed by atoms with E-state index in [0.717, 1.165) is 0 Å². The van der Waals surface area contributed by atoms with Crippen molar-refractivity contribution in [3.63, 3.8) is 0 Å². The van der Waals surface area contributed by atoms with Gasteiger partial charge in [0.15, 0.2) is 0 Å². The van der Waals surface area contributed by atoms with E-state index in [4.69, 9.17) is 0 Å². The molecule has 0 atom stereocenters. The van der Waals surface area contributed by atoms with Crippen LogP contribution in [-0.4, -0.2) is 25.1 Å². The molecule has 0 nitrogen and oxygen atoms in total. The molecule has 0 amide bonds. The van der Waals surface area contributed by atoms with Gasteiger partial charge in [0.1, 0.15) is 0 Å². The number of hydrogen-bond donors (Lipinski definition) is 0. The third-order valence-electron chi connectivity index (χ3n) is 1.75. The molecule has 0 bridgehead atoms. The summed E-state index contributed by atoms with van der Waals surface area (Å²) in [5.74, 6) is 1.30. The average molecular weight is 251 g/mol. The molecule has 0 saturated carbocycles. The van der Waals surface area contributed by atoms with Crippen molar-refractivity contribution in [2.45, 2.75) is 52.4 Å². The molecule has 0 radical (unpaired) electrons. The van der Waals surface area contributed by atoms with Crippen molar-refractivity contribution in [3.05, 3.63) is 0 Å². The van der Waals surface area contributed by atoms with Gasteiger partial charge in [-0.25, -0.2) is 0 Å². The van der Waals surface area contributed by atoms with Crippen molar-refractivity contribution in [3.8, 4) is 0 Å². The fourth-order valence-electron chi connectivity index (χ4n) is 0.922. The van der Waals surface area contributed by atoms with Gasteiger partial charge in [-0.15, -0.1) is 0 Å². The van der Waals surface area contributed by atoms with E-state index in [0.29, 0.717) is 0 Å². The molecule has 0 unspecified atom stereocenters. The van der Waals surface area contributed by atoms with Gasteiger partial charge in [0.2, 0.25) is 0 Å². The summed E-state index contributed by atoms with van der Waals surface area (Å²) in [5.41, 5.74) is 0. The van der Waals surface area contributed by atoms with Gasteiger partial charge < -0.3 is 0 Å². The van der Waals surface area contributed by atoms with Gasteiger partial charge in [0, 0.05) is 0 Å². The van der Waals surface area contributed by atoms with Gasteiger partial charge in [-0.05, 0) is 0 Å². The number of thioether (sulfide) groups is 1. The van der Waals surface area contributed by atoms with Crippen LogP contribution in [0.3, 0.4) is 0 Å². The van der Waals surface area contributed by atoms with E-state index in [2.05, 4.69) is 29.4 Å². The third-order valence-corrected chi connectivity index (χ3v) is 3.93. The van der Waals surface area contributed by atoms with Crippen LogP contribution in [0, 0.1) is 0 Å². The molecule has 0 rings (SSSR count). The quantitative estimate of drug-likeness (QED) is 0.470. The van der Waals surface area contributed by atoms with E-state index in [1.165, 1.54) is 48.0 Å². The first-order valence-electron chi connectivity index (χ1n) is 4.96. The van der Waals surface area contributed by atoms with E-state index in [9.17, 15) is 0 Å². The molecule has 0 fully saturated rings. The van der Waals surface area contributed by atoms with Crippen molar-refractivity contribution >= 4 is 31.1 Å². The molecule has 0 saturated heterocycles. The first kappa shape index (κ1) is 12.7. The zero-order valence-corrected chi connectivity index (χ0v) is 10.8. The minimum absolute atomic E-state index is 1.28. The van der Waals surface area contributed by atoms with E-state index >= 15 is 0 Å². The van der Waals surface area contributed by atoms with Gasteiger partial charge >= 0.3 is 89.2 Å². The Morgan fingerprint density at radius 2 is 1.75 bits per heavy atom. The molecule has 0 aromatic rings. The van der Waals surface area contributed by atoms with Crippen molar-refractivity contribution in [2.75, 3.05) is 5.75 Å². The number of hydrogen-bond acceptors (Lipinski definition) is 1. The second-order valence-corrected chi connectivity index (χ2v) is 5.84. The van der Waals surface area contributed by atoms with Crippen LogP contribution >= 0.6 is 11.8 Å². The Labute approximate surface area is 89.2 Å². The average Bonchev–Trinajstić information content (AvgIpc) is 2.06. The van der Waals surface area contributed by atoms with E-state index in [1.54, 1.807) is 0 Å². The summed E-state index contributed by atoms with van der Waals surface area (Å²) >= 11 is 5.19. The van der Waals surface area contributed by atoms with Crippen LogP contribution in [0.2, 0.25) is 0 Å². The van der Waals surface area contributed by atoms with Gasteiger partial charge in [0.25, 0.3) is 0 Å². The first-order valence-corrected chi connectivity index (χ1v) is 6.81. The molecule has 0 aliphatic rings. The van der Waals surface area contributed by atoms with Crippen LogP contribution in [0.25, 0.3) is 0 Å². The Balaban J connectivity index is 3.10. The van der Waals surface area contributed by atoms with Crippen LogP contribution in [0.4, 0.5) is 0 Å². The molecule has 2 heteroatoms. The summed E-state index contributed by atoms with van der Waals surface area (Å²) in [6.45, 7) is 4.50. The summed E-state index contributed by atoms with van der Waals surface area (Å²) in [4.78, 5) is 0. The Kier molecular flexibility index (Phi) is 10.4. The van der Waals surface area contributed by atoms with Crippen molar-refractivity contribution in [1.82, 2.24) is 0 Å². The van der Waals surface area contributed by atoms with E-state index < -0.39 is 0 Å². The topological polar surface area (TPSA) is 0 Å². The molecule has 0 N–H and O–H groups in total. The fraction of sp³-hybridized carbons (Fsp3) is 0.900. The van der Waals surface area contributed by atoms with Crippen LogP contribution in [0.5, 0.6) is 0 Å². The standard InChI is InChI=1S/C10H20SSe/c1-3-5-7-8-10(12)11-9-6-4-2/h3-9H2,1-2H3. The van der Waals surface area contributed by atoms with E-state index in [1.807, 2.05) is 11.8 Å². The number of rotatable bonds is 8. The van der Waals surface area contributed by atoms with Gasteiger partial charge in [-0.1, -0.05) is 0 Å². The van der Waals surface area contributed by atoms with Crippen LogP contribution in [0.15, 0.2) is 0 Å². The third kappa shape index (κ3) is 8.83. The molecule has 0 spiro atoms. The zero-order chi connectivity index (χ0) is 9.23. The summed E-state index contributed by atoms with van der Waals surface area (Å²) in [6, 6.07) is 0. The molecule has 0 aromatic carbocycles. The fourth-order valence-corrected chi connectivity index (χ4v) is 2.70. The van der Waals surface area contributed by atoms with Crippen molar-refractivity contribution in [1.29, 1.82) is 0 Å². The molecule has 72 valence electrons. The summed E-state index contributed by atoms with van der Waals surface area (Å²) in [7, 11) is 0. The number of unbranched alkanes of at least 4 members (excludes halogenated alkanes) is 3. The Bertz CT molecular complexity index is 100. The Morgan fingerprint density at radius 1 is 1.08 bits per heavy atom. The van der Waals surface area contributed by atoms with Gasteiger partial charge in [-0.2, -0.15) is 0 Å². The summed E-state index contributed by atoms with van der Waals surface area (Å²) < 4.78 is 1.51. The van der Waals surface area contributed by atoms with Crippen LogP contribution in [0.1, 0.15) is 52.4 Å². The molecular weight excluding hydrogens is 231 g/mol. The Hall–Kier alpha value is 0.739. The predicted molar refractivity (Wildman–Crippen MR) is 62.3 cm³/mol. The van der Waals surface area contributed by atoms with Gasteiger partial charge in [0.05, 0.1) is 0 Å². The monoisotopic (exact) mass is 252 g/mol. The van der Waals surface area contributed by atoms with Crippen molar-refractivity contribution < 1.29 is 0 Å². The minimum atomic E-state index is 1.28. The molecule has 0 heterocycles. The van der Waals surface area contributed by atoms with Gasteiger partial charge in [-0.3, -0.25) is 0 Å². The maximum absolute atomic E-state index is 3.17. The van der Waals surface area contributed by atoms with Crippen molar-refractivity contribution in [2.24, 2.45) is 0 Å². The SMILES string of the molecule is CCCCCC(=[Se])SCCCC. The molecule has 0 aliphatic carbocycles. The van der Waals surface area contributed by atoms with Crippen LogP contribution < -0.4 is 0 Å². The Morgan fingerprint density at radius 3 is 2.33 bits per heavy atom. The molecule has 0 aliphatic heterocycles.